The van der Waals surface area contributed by atoms with E-state index in [1.165, 1.54) is 11.1 Å². The highest BCUT2D eigenvalue weighted by molar-refractivity contribution is 7.21. The van der Waals surface area contributed by atoms with Crippen molar-refractivity contribution in [2.24, 2.45) is 0 Å². The molecule has 0 radical (unpaired) electrons. The maximum Gasteiger partial charge on any atom is 0.411 e. The molecule has 4 aromatic rings. The third kappa shape index (κ3) is 3.44. The summed E-state index contributed by atoms with van der Waals surface area (Å²) in [6.45, 7) is 0.218. The maximum atomic E-state index is 12.5. The van der Waals surface area contributed by atoms with E-state index in [2.05, 4.69) is 29.6 Å². The summed E-state index contributed by atoms with van der Waals surface area (Å²) in [6, 6.07) is 21.4. The highest BCUT2D eigenvalue weighted by Crippen LogP contribution is 2.44. The van der Waals surface area contributed by atoms with Crippen LogP contribution >= 0.6 is 22.9 Å². The molecule has 5 nitrogen and oxygen atoms in total. The quantitative estimate of drug-likeness (QED) is 0.367. The Bertz CT molecular complexity index is 1300. The number of anilines is 1. The number of carboxylic acid groups (broad SMARTS) is 1. The van der Waals surface area contributed by atoms with E-state index in [4.69, 9.17) is 16.3 Å². The fourth-order valence-electron chi connectivity index (χ4n) is 4.03. The van der Waals surface area contributed by atoms with Crippen LogP contribution < -0.4 is 5.32 Å². The van der Waals surface area contributed by atoms with Gasteiger partial charge in [-0.25, -0.2) is 9.59 Å². The summed E-state index contributed by atoms with van der Waals surface area (Å²) >= 11 is 7.20. The van der Waals surface area contributed by atoms with Crippen LogP contribution in [0.2, 0.25) is 5.02 Å². The number of hydrogen-bond acceptors (Lipinski definition) is 4. The number of rotatable bonds is 4. The van der Waals surface area contributed by atoms with Gasteiger partial charge in [-0.3, -0.25) is 5.32 Å². The molecular formula is C24H16ClNO4S. The molecule has 0 unspecified atom stereocenters. The highest BCUT2D eigenvalue weighted by atomic mass is 35.5. The molecule has 0 bridgehead atoms. The third-order valence-electron chi connectivity index (χ3n) is 5.41. The molecule has 0 saturated heterocycles. The monoisotopic (exact) mass is 449 g/mol. The van der Waals surface area contributed by atoms with Crippen LogP contribution in [0.3, 0.4) is 0 Å². The van der Waals surface area contributed by atoms with Crippen molar-refractivity contribution in [3.05, 3.63) is 87.8 Å². The van der Waals surface area contributed by atoms with Gasteiger partial charge in [-0.05, 0) is 40.5 Å². The predicted molar refractivity (Wildman–Crippen MR) is 122 cm³/mol. The Balaban J connectivity index is 1.32. The number of hydrogen-bond donors (Lipinski definition) is 2. The van der Waals surface area contributed by atoms with E-state index in [1.807, 2.05) is 24.3 Å². The van der Waals surface area contributed by atoms with Crippen LogP contribution in [-0.2, 0) is 4.74 Å². The van der Waals surface area contributed by atoms with Gasteiger partial charge < -0.3 is 9.84 Å². The van der Waals surface area contributed by atoms with E-state index < -0.39 is 12.1 Å². The van der Waals surface area contributed by atoms with Crippen molar-refractivity contribution in [2.45, 2.75) is 5.92 Å². The number of aromatic carboxylic acids is 1. The smallest absolute Gasteiger partial charge is 0.411 e. The van der Waals surface area contributed by atoms with Gasteiger partial charge in [0.25, 0.3) is 0 Å². The van der Waals surface area contributed by atoms with Gasteiger partial charge in [0, 0.05) is 21.7 Å². The van der Waals surface area contributed by atoms with Gasteiger partial charge in [-0.2, -0.15) is 0 Å². The number of halogens is 1. The Morgan fingerprint density at radius 3 is 2.29 bits per heavy atom. The Labute approximate surface area is 186 Å². The molecule has 2 N–H and O–H groups in total. The first-order valence-corrected chi connectivity index (χ1v) is 10.8. The average molecular weight is 450 g/mol. The molecule has 0 atom stereocenters. The summed E-state index contributed by atoms with van der Waals surface area (Å²) in [7, 11) is 0. The molecule has 1 amide bonds. The van der Waals surface area contributed by atoms with Crippen LogP contribution in [0.15, 0.2) is 66.7 Å². The fourth-order valence-corrected chi connectivity index (χ4v) is 5.42. The van der Waals surface area contributed by atoms with Crippen molar-refractivity contribution >= 4 is 50.8 Å². The van der Waals surface area contributed by atoms with Gasteiger partial charge in [0.1, 0.15) is 11.5 Å². The predicted octanol–water partition coefficient (Wildman–Crippen LogP) is 6.61. The summed E-state index contributed by atoms with van der Waals surface area (Å²) in [5, 5.41) is 12.8. The molecule has 0 fully saturated rings. The van der Waals surface area contributed by atoms with Crippen LogP contribution in [0.1, 0.15) is 26.7 Å². The van der Waals surface area contributed by atoms with Gasteiger partial charge in [-0.15, -0.1) is 11.3 Å². The Kier molecular flexibility index (Phi) is 4.88. The normalized spacial score (nSPS) is 12.4. The number of nitrogens with one attached hydrogen (secondary N) is 1. The summed E-state index contributed by atoms with van der Waals surface area (Å²) in [4.78, 5) is 23.8. The minimum Gasteiger partial charge on any atom is -0.477 e. The number of carbonyl (C=O) groups is 2. The number of carbonyl (C=O) groups excluding carboxylic acids is 1. The Morgan fingerprint density at radius 1 is 1.00 bits per heavy atom. The molecular weight excluding hydrogens is 434 g/mol. The Morgan fingerprint density at radius 2 is 1.65 bits per heavy atom. The lowest BCUT2D eigenvalue weighted by Gasteiger charge is -2.14. The van der Waals surface area contributed by atoms with Crippen molar-refractivity contribution < 1.29 is 19.4 Å². The van der Waals surface area contributed by atoms with Gasteiger partial charge in [0.05, 0.1) is 5.02 Å². The molecule has 0 aliphatic heterocycles. The zero-order chi connectivity index (χ0) is 21.5. The van der Waals surface area contributed by atoms with E-state index in [9.17, 15) is 14.7 Å². The standard InChI is InChI=1S/C24H16ClNO4S/c25-21-18-10-9-13(11-20(18)31-22(21)23(27)28)26-24(29)30-12-19-16-7-3-1-5-14(16)15-6-2-4-8-17(15)19/h1-11,19H,12H2,(H,26,29)(H,27,28). The second-order valence-electron chi connectivity index (χ2n) is 7.21. The first kappa shape index (κ1) is 19.6. The molecule has 1 heterocycles. The number of thiophene rings is 1. The topological polar surface area (TPSA) is 75.6 Å². The molecule has 31 heavy (non-hydrogen) atoms. The highest BCUT2D eigenvalue weighted by Gasteiger charge is 2.29. The van der Waals surface area contributed by atoms with Gasteiger partial charge >= 0.3 is 12.1 Å². The van der Waals surface area contributed by atoms with Gasteiger partial charge in [0.15, 0.2) is 0 Å². The zero-order valence-electron chi connectivity index (χ0n) is 16.1. The summed E-state index contributed by atoms with van der Waals surface area (Å²) < 4.78 is 6.24. The van der Waals surface area contributed by atoms with E-state index >= 15 is 0 Å². The first-order chi connectivity index (χ1) is 15.0. The summed E-state index contributed by atoms with van der Waals surface area (Å²) in [6.07, 6.45) is -0.567. The number of ether oxygens (including phenoxy) is 1. The fraction of sp³-hybridized carbons (Fsp3) is 0.0833. The van der Waals surface area contributed by atoms with Gasteiger partial charge in [-0.1, -0.05) is 60.1 Å². The van der Waals surface area contributed by atoms with E-state index in [1.54, 1.807) is 18.2 Å². The second-order valence-corrected chi connectivity index (χ2v) is 8.64. The molecule has 1 aliphatic rings. The summed E-state index contributed by atoms with van der Waals surface area (Å²) in [5.74, 6) is -1.09. The summed E-state index contributed by atoms with van der Waals surface area (Å²) in [5.41, 5.74) is 5.14. The van der Waals surface area contributed by atoms with Crippen molar-refractivity contribution in [3.8, 4) is 11.1 Å². The van der Waals surface area contributed by atoms with Crippen LogP contribution in [0, 0.1) is 0 Å². The van der Waals surface area contributed by atoms with Crippen molar-refractivity contribution in [1.82, 2.24) is 0 Å². The molecule has 0 saturated carbocycles. The number of fused-ring (bicyclic) bond motifs is 4. The van der Waals surface area contributed by atoms with E-state index in [0.29, 0.717) is 15.8 Å². The largest absolute Gasteiger partial charge is 0.477 e. The lowest BCUT2D eigenvalue weighted by molar-refractivity contribution is 0.0702. The molecule has 0 spiro atoms. The van der Waals surface area contributed by atoms with Crippen molar-refractivity contribution in [3.63, 3.8) is 0 Å². The van der Waals surface area contributed by atoms with Crippen LogP contribution in [-0.4, -0.2) is 23.8 Å². The molecule has 1 aliphatic carbocycles. The lowest BCUT2D eigenvalue weighted by atomic mass is 9.98. The minimum absolute atomic E-state index is 0.0187. The molecule has 1 aromatic heterocycles. The van der Waals surface area contributed by atoms with Gasteiger partial charge in [0.2, 0.25) is 0 Å². The van der Waals surface area contributed by atoms with E-state index in [0.717, 1.165) is 22.5 Å². The lowest BCUT2D eigenvalue weighted by Crippen LogP contribution is -2.17. The molecule has 3 aromatic carbocycles. The molecule has 7 heteroatoms. The third-order valence-corrected chi connectivity index (χ3v) is 7.06. The number of benzene rings is 3. The maximum absolute atomic E-state index is 12.5. The Hall–Kier alpha value is -3.35. The molecule has 154 valence electrons. The van der Waals surface area contributed by atoms with Crippen LogP contribution in [0.25, 0.3) is 21.2 Å². The first-order valence-electron chi connectivity index (χ1n) is 9.60. The zero-order valence-corrected chi connectivity index (χ0v) is 17.7. The SMILES string of the molecule is O=C(Nc1ccc2c(Cl)c(C(=O)O)sc2c1)OCC1c2ccccc2-c2ccccc21. The van der Waals surface area contributed by atoms with Crippen LogP contribution in [0.4, 0.5) is 10.5 Å². The number of amides is 1. The average Bonchev–Trinajstić information content (AvgIpc) is 3.27. The second kappa shape index (κ2) is 7.72. The van der Waals surface area contributed by atoms with Crippen molar-refractivity contribution in [1.29, 1.82) is 0 Å². The number of carboxylic acids is 1. The van der Waals surface area contributed by atoms with Crippen LogP contribution in [0.5, 0.6) is 0 Å². The molecule has 5 rings (SSSR count). The van der Waals surface area contributed by atoms with Crippen molar-refractivity contribution in [2.75, 3.05) is 11.9 Å². The minimum atomic E-state index is -1.07. The van der Waals surface area contributed by atoms with E-state index in [-0.39, 0.29) is 22.4 Å².